The lowest BCUT2D eigenvalue weighted by atomic mass is 9.70. The summed E-state index contributed by atoms with van der Waals surface area (Å²) in [5.74, 6) is -2.14. The van der Waals surface area contributed by atoms with Gasteiger partial charge in [0.15, 0.2) is 5.78 Å². The number of benzene rings is 1. The van der Waals surface area contributed by atoms with Crippen molar-refractivity contribution < 1.29 is 40.5 Å². The van der Waals surface area contributed by atoms with Crippen LogP contribution >= 0.6 is 0 Å². The number of rotatable bonds is 4. The second kappa shape index (κ2) is 5.76. The van der Waals surface area contributed by atoms with Crippen molar-refractivity contribution in [2.75, 3.05) is 0 Å². The fourth-order valence-corrected chi connectivity index (χ4v) is 3.03. The fourth-order valence-electron chi connectivity index (χ4n) is 2.58. The van der Waals surface area contributed by atoms with Gasteiger partial charge in [-0.1, -0.05) is 6.92 Å². The molecule has 0 spiro atoms. The molecule has 24 heavy (non-hydrogen) atoms. The summed E-state index contributed by atoms with van der Waals surface area (Å²) in [5, 5.41) is 8.90. The normalized spacial score (nSPS) is 21.2. The first kappa shape index (κ1) is 18.2. The Bertz CT molecular complexity index is 799. The first-order chi connectivity index (χ1) is 10.9. The molecule has 1 aromatic rings. The molecule has 0 heterocycles. The molecule has 132 valence electrons. The molecule has 0 radical (unpaired) electrons. The molecule has 1 aliphatic rings. The topological polar surface area (TPSA) is 97.7 Å². The van der Waals surface area contributed by atoms with Crippen LogP contribution in [0, 0.1) is 5.41 Å². The number of carbonyl (C=O) groups excluding carboxylic acids is 1. The molecular formula is C14H13F3O6S. The van der Waals surface area contributed by atoms with Crippen LogP contribution in [0.15, 0.2) is 18.2 Å². The van der Waals surface area contributed by atoms with E-state index >= 15 is 0 Å². The molecule has 1 atom stereocenters. The van der Waals surface area contributed by atoms with Gasteiger partial charge in [0, 0.05) is 11.0 Å². The molecular weight excluding hydrogens is 353 g/mol. The van der Waals surface area contributed by atoms with Gasteiger partial charge in [0.1, 0.15) is 5.75 Å². The Morgan fingerprint density at radius 1 is 1.38 bits per heavy atom. The number of ketones is 1. The standard InChI is InChI=1S/C14H13F3O6S/c1-13(7-11(18)19)5-4-8-6-9(2-3-10(8)12(13)20)23-24(21,22)14(15,16)17/h2-3,6H,4-5,7H2,1H3,(H,18,19). The zero-order chi connectivity index (χ0) is 18.3. The van der Waals surface area contributed by atoms with Crippen molar-refractivity contribution in [3.8, 4) is 5.75 Å². The van der Waals surface area contributed by atoms with Crippen LogP contribution in [0.4, 0.5) is 13.2 Å². The van der Waals surface area contributed by atoms with Gasteiger partial charge in [-0.25, -0.2) is 0 Å². The summed E-state index contributed by atoms with van der Waals surface area (Å²) in [6.45, 7) is 1.50. The van der Waals surface area contributed by atoms with Gasteiger partial charge in [-0.2, -0.15) is 21.6 Å². The fraction of sp³-hybridized carbons (Fsp3) is 0.429. The highest BCUT2D eigenvalue weighted by atomic mass is 32.2. The molecule has 1 unspecified atom stereocenters. The number of aliphatic carboxylic acids is 1. The smallest absolute Gasteiger partial charge is 0.481 e. The van der Waals surface area contributed by atoms with Gasteiger partial charge in [-0.05, 0) is 36.6 Å². The molecule has 1 N–H and O–H groups in total. The highest BCUT2D eigenvalue weighted by Gasteiger charge is 2.48. The number of carboxylic acid groups (broad SMARTS) is 1. The third-order valence-corrected chi connectivity index (χ3v) is 4.83. The Morgan fingerprint density at radius 3 is 2.54 bits per heavy atom. The number of carboxylic acids is 1. The van der Waals surface area contributed by atoms with Gasteiger partial charge in [-0.3, -0.25) is 9.59 Å². The van der Waals surface area contributed by atoms with Gasteiger partial charge >= 0.3 is 21.6 Å². The van der Waals surface area contributed by atoms with E-state index in [0.29, 0.717) is 5.56 Å². The van der Waals surface area contributed by atoms with Crippen LogP contribution < -0.4 is 4.18 Å². The molecule has 0 fully saturated rings. The number of Topliss-reactive ketones (excluding diaryl/α,β-unsaturated/α-hetero) is 1. The number of aryl methyl sites for hydroxylation is 1. The first-order valence-corrected chi connectivity index (χ1v) is 8.17. The van der Waals surface area contributed by atoms with Crippen LogP contribution in [0.3, 0.4) is 0 Å². The molecule has 0 aromatic heterocycles. The summed E-state index contributed by atoms with van der Waals surface area (Å²) in [6, 6.07) is 3.14. The van der Waals surface area contributed by atoms with Gasteiger partial charge in [0.2, 0.25) is 0 Å². The quantitative estimate of drug-likeness (QED) is 0.650. The Kier molecular flexibility index (Phi) is 4.38. The van der Waals surface area contributed by atoms with E-state index in [0.717, 1.165) is 18.2 Å². The average Bonchev–Trinajstić information content (AvgIpc) is 2.41. The van der Waals surface area contributed by atoms with E-state index in [-0.39, 0.29) is 24.8 Å². The Labute approximate surface area is 135 Å². The van der Waals surface area contributed by atoms with Crippen LogP contribution in [0.25, 0.3) is 0 Å². The summed E-state index contributed by atoms with van der Waals surface area (Å²) in [7, 11) is -5.79. The van der Waals surface area contributed by atoms with Crippen molar-refractivity contribution in [1.29, 1.82) is 0 Å². The molecule has 0 aliphatic heterocycles. The van der Waals surface area contributed by atoms with Crippen molar-refractivity contribution in [2.45, 2.75) is 31.7 Å². The van der Waals surface area contributed by atoms with Gasteiger partial charge in [-0.15, -0.1) is 0 Å². The Hall–Kier alpha value is -2.10. The van der Waals surface area contributed by atoms with Crippen LogP contribution in [-0.4, -0.2) is 30.8 Å². The third kappa shape index (κ3) is 3.37. The predicted octanol–water partition coefficient (Wildman–Crippen LogP) is 2.52. The minimum atomic E-state index is -5.79. The summed E-state index contributed by atoms with van der Waals surface area (Å²) >= 11 is 0. The summed E-state index contributed by atoms with van der Waals surface area (Å²) in [6.07, 6.45) is 0.0285. The van der Waals surface area contributed by atoms with E-state index < -0.39 is 38.5 Å². The zero-order valence-electron chi connectivity index (χ0n) is 12.4. The van der Waals surface area contributed by atoms with E-state index in [1.54, 1.807) is 0 Å². The van der Waals surface area contributed by atoms with Gasteiger partial charge < -0.3 is 9.29 Å². The maximum Gasteiger partial charge on any atom is 0.534 e. The second-order valence-corrected chi connectivity index (χ2v) is 7.30. The van der Waals surface area contributed by atoms with Gasteiger partial charge in [0.25, 0.3) is 0 Å². The molecule has 0 saturated carbocycles. The molecule has 1 aliphatic carbocycles. The lowest BCUT2D eigenvalue weighted by Gasteiger charge is -2.32. The number of hydrogen-bond donors (Lipinski definition) is 1. The minimum absolute atomic E-state index is 0.154. The van der Waals surface area contributed by atoms with Crippen molar-refractivity contribution in [3.05, 3.63) is 29.3 Å². The molecule has 0 bridgehead atoms. The number of alkyl halides is 3. The van der Waals surface area contributed by atoms with Crippen LogP contribution in [0.1, 0.15) is 35.7 Å². The largest absolute Gasteiger partial charge is 0.534 e. The SMILES string of the molecule is CC1(CC(=O)O)CCc2cc(OS(=O)(=O)C(F)(F)F)ccc2C1=O. The van der Waals surface area contributed by atoms with Crippen molar-refractivity contribution >= 4 is 21.9 Å². The maximum absolute atomic E-state index is 12.4. The molecule has 0 saturated heterocycles. The van der Waals surface area contributed by atoms with E-state index in [1.807, 2.05) is 0 Å². The summed E-state index contributed by atoms with van der Waals surface area (Å²) in [5.41, 5.74) is -6.20. The van der Waals surface area contributed by atoms with Crippen molar-refractivity contribution in [2.24, 2.45) is 5.41 Å². The number of hydrogen-bond acceptors (Lipinski definition) is 5. The number of fused-ring (bicyclic) bond motifs is 1. The molecule has 6 nitrogen and oxygen atoms in total. The zero-order valence-corrected chi connectivity index (χ0v) is 13.2. The van der Waals surface area contributed by atoms with E-state index in [2.05, 4.69) is 4.18 Å². The van der Waals surface area contributed by atoms with Crippen LogP contribution in [-0.2, 0) is 21.3 Å². The van der Waals surface area contributed by atoms with Crippen molar-refractivity contribution in [1.82, 2.24) is 0 Å². The molecule has 10 heteroatoms. The van der Waals surface area contributed by atoms with E-state index in [4.69, 9.17) is 5.11 Å². The van der Waals surface area contributed by atoms with Gasteiger partial charge in [0.05, 0.1) is 6.42 Å². The lowest BCUT2D eigenvalue weighted by Crippen LogP contribution is -2.35. The highest BCUT2D eigenvalue weighted by molar-refractivity contribution is 7.88. The van der Waals surface area contributed by atoms with E-state index in [9.17, 15) is 31.2 Å². The number of carbonyl (C=O) groups is 2. The van der Waals surface area contributed by atoms with Crippen LogP contribution in [0.2, 0.25) is 0 Å². The number of halogens is 3. The van der Waals surface area contributed by atoms with Crippen molar-refractivity contribution in [3.63, 3.8) is 0 Å². The summed E-state index contributed by atoms with van der Waals surface area (Å²) < 4.78 is 63.0. The average molecular weight is 366 g/mol. The first-order valence-electron chi connectivity index (χ1n) is 6.76. The second-order valence-electron chi connectivity index (χ2n) is 5.76. The molecule has 1 aromatic carbocycles. The lowest BCUT2D eigenvalue weighted by molar-refractivity contribution is -0.139. The van der Waals surface area contributed by atoms with E-state index in [1.165, 1.54) is 6.92 Å². The summed E-state index contributed by atoms with van der Waals surface area (Å²) in [4.78, 5) is 23.3. The molecule has 0 amide bonds. The van der Waals surface area contributed by atoms with Crippen LogP contribution in [0.5, 0.6) is 5.75 Å². The predicted molar refractivity (Wildman–Crippen MR) is 75.1 cm³/mol. The Balaban J connectivity index is 2.32. The maximum atomic E-state index is 12.4. The molecule has 2 rings (SSSR count). The third-order valence-electron chi connectivity index (χ3n) is 3.85. The highest BCUT2D eigenvalue weighted by Crippen LogP contribution is 2.39. The monoisotopic (exact) mass is 366 g/mol. The Morgan fingerprint density at radius 2 is 2.00 bits per heavy atom. The minimum Gasteiger partial charge on any atom is -0.481 e.